The Kier molecular flexibility index (Phi) is 4.60. The van der Waals surface area contributed by atoms with E-state index < -0.39 is 5.97 Å². The van der Waals surface area contributed by atoms with Crippen LogP contribution in [0.5, 0.6) is 0 Å². The Morgan fingerprint density at radius 3 is 2.59 bits per heavy atom. The number of carbonyl (C=O) groups excluding carboxylic acids is 1. The van der Waals surface area contributed by atoms with Crippen LogP contribution in [0, 0.1) is 0 Å². The first-order valence-electron chi connectivity index (χ1n) is 7.51. The fraction of sp³-hybridized carbons (Fsp3) is 0.438. The summed E-state index contributed by atoms with van der Waals surface area (Å²) in [5.74, 6) is -0.413. The van der Waals surface area contributed by atoms with Crippen molar-refractivity contribution in [3.63, 3.8) is 0 Å². The average molecular weight is 301 g/mol. The minimum Gasteiger partial charge on any atom is -0.461 e. The van der Waals surface area contributed by atoms with Gasteiger partial charge in [-0.3, -0.25) is 4.90 Å². The Balaban J connectivity index is 1.96. The summed E-state index contributed by atoms with van der Waals surface area (Å²) in [5, 5.41) is 0. The lowest BCUT2D eigenvalue weighted by Crippen LogP contribution is -2.36. The number of hydrogen-bond donors (Lipinski definition) is 0. The molecule has 3 rings (SSSR count). The fourth-order valence-electron chi connectivity index (χ4n) is 2.48. The summed E-state index contributed by atoms with van der Waals surface area (Å²) < 4.78 is 10.5. The highest BCUT2D eigenvalue weighted by Gasteiger charge is 2.20. The molecule has 22 heavy (non-hydrogen) atoms. The van der Waals surface area contributed by atoms with Crippen molar-refractivity contribution in [2.45, 2.75) is 13.5 Å². The molecular formula is C16H19N3O3. The van der Waals surface area contributed by atoms with Crippen LogP contribution in [-0.4, -0.2) is 53.7 Å². The van der Waals surface area contributed by atoms with Gasteiger partial charge < -0.3 is 9.47 Å². The third kappa shape index (κ3) is 3.23. The SMILES string of the molecule is CCOC(=O)c1nc2ccccc2nc1CN1CCOCC1. The average Bonchev–Trinajstić information content (AvgIpc) is 2.55. The molecule has 1 saturated heterocycles. The number of aromatic nitrogens is 2. The van der Waals surface area contributed by atoms with Crippen molar-refractivity contribution in [3.8, 4) is 0 Å². The van der Waals surface area contributed by atoms with E-state index in [-0.39, 0.29) is 0 Å². The zero-order valence-corrected chi connectivity index (χ0v) is 12.6. The Morgan fingerprint density at radius 1 is 1.23 bits per heavy atom. The van der Waals surface area contributed by atoms with Gasteiger partial charge in [-0.1, -0.05) is 12.1 Å². The number of nitrogens with zero attached hydrogens (tertiary/aromatic N) is 3. The molecule has 6 nitrogen and oxygen atoms in total. The number of ether oxygens (including phenoxy) is 2. The van der Waals surface area contributed by atoms with Gasteiger partial charge in [-0.15, -0.1) is 0 Å². The summed E-state index contributed by atoms with van der Waals surface area (Å²) in [6.07, 6.45) is 0. The molecule has 1 aliphatic heterocycles. The lowest BCUT2D eigenvalue weighted by Gasteiger charge is -2.26. The van der Waals surface area contributed by atoms with Gasteiger partial charge in [-0.2, -0.15) is 0 Å². The van der Waals surface area contributed by atoms with Crippen molar-refractivity contribution in [2.24, 2.45) is 0 Å². The van der Waals surface area contributed by atoms with Crippen molar-refractivity contribution in [2.75, 3.05) is 32.9 Å². The molecular weight excluding hydrogens is 282 g/mol. The van der Waals surface area contributed by atoms with E-state index in [9.17, 15) is 4.79 Å². The van der Waals surface area contributed by atoms with E-state index in [1.807, 2.05) is 24.3 Å². The van der Waals surface area contributed by atoms with Gasteiger partial charge in [0.25, 0.3) is 0 Å². The van der Waals surface area contributed by atoms with E-state index in [0.29, 0.717) is 43.3 Å². The Morgan fingerprint density at radius 2 is 1.91 bits per heavy atom. The molecule has 0 amide bonds. The van der Waals surface area contributed by atoms with Gasteiger partial charge in [0.1, 0.15) is 0 Å². The lowest BCUT2D eigenvalue weighted by atomic mass is 10.2. The molecule has 0 unspecified atom stereocenters. The van der Waals surface area contributed by atoms with Crippen molar-refractivity contribution in [1.29, 1.82) is 0 Å². The monoisotopic (exact) mass is 301 g/mol. The third-order valence-corrected chi connectivity index (χ3v) is 3.59. The minimum atomic E-state index is -0.413. The summed E-state index contributed by atoms with van der Waals surface area (Å²) in [6.45, 7) is 5.76. The van der Waals surface area contributed by atoms with E-state index in [1.165, 1.54) is 0 Å². The molecule has 1 aromatic carbocycles. The molecule has 0 saturated carbocycles. The van der Waals surface area contributed by atoms with Crippen LogP contribution in [-0.2, 0) is 16.0 Å². The van der Waals surface area contributed by atoms with Gasteiger partial charge in [0, 0.05) is 19.6 Å². The van der Waals surface area contributed by atoms with Gasteiger partial charge in [-0.25, -0.2) is 14.8 Å². The normalized spacial score (nSPS) is 15.9. The second kappa shape index (κ2) is 6.81. The summed E-state index contributed by atoms with van der Waals surface area (Å²) in [6, 6.07) is 7.55. The van der Waals surface area contributed by atoms with Crippen LogP contribution in [0.3, 0.4) is 0 Å². The molecule has 2 aromatic rings. The maximum atomic E-state index is 12.2. The summed E-state index contributed by atoms with van der Waals surface area (Å²) in [4.78, 5) is 23.5. The van der Waals surface area contributed by atoms with Crippen LogP contribution in [0.4, 0.5) is 0 Å². The van der Waals surface area contributed by atoms with Crippen LogP contribution >= 0.6 is 0 Å². The molecule has 0 bridgehead atoms. The Hall–Kier alpha value is -2.05. The third-order valence-electron chi connectivity index (χ3n) is 3.59. The number of morpholine rings is 1. The molecule has 1 fully saturated rings. The summed E-state index contributed by atoms with van der Waals surface area (Å²) in [5.41, 5.74) is 2.47. The number of para-hydroxylation sites is 2. The maximum Gasteiger partial charge on any atom is 0.358 e. The van der Waals surface area contributed by atoms with Crippen LogP contribution in [0.2, 0.25) is 0 Å². The fourth-order valence-corrected chi connectivity index (χ4v) is 2.48. The second-order valence-electron chi connectivity index (χ2n) is 5.12. The first kappa shape index (κ1) is 14.9. The van der Waals surface area contributed by atoms with Crippen LogP contribution < -0.4 is 0 Å². The van der Waals surface area contributed by atoms with Crippen molar-refractivity contribution in [1.82, 2.24) is 14.9 Å². The standard InChI is InChI=1S/C16H19N3O3/c1-2-22-16(20)15-14(11-19-7-9-21-10-8-19)17-12-5-3-4-6-13(12)18-15/h3-6H,2,7-11H2,1H3. The van der Waals surface area contributed by atoms with Gasteiger partial charge in [0.15, 0.2) is 5.69 Å². The van der Waals surface area contributed by atoms with Gasteiger partial charge in [0.2, 0.25) is 0 Å². The zero-order chi connectivity index (χ0) is 15.4. The Labute approximate surface area is 129 Å². The van der Waals surface area contributed by atoms with Crippen LogP contribution in [0.25, 0.3) is 11.0 Å². The molecule has 1 aromatic heterocycles. The number of esters is 1. The van der Waals surface area contributed by atoms with E-state index in [2.05, 4.69) is 14.9 Å². The molecule has 0 N–H and O–H groups in total. The van der Waals surface area contributed by atoms with E-state index >= 15 is 0 Å². The first-order valence-corrected chi connectivity index (χ1v) is 7.51. The number of carbonyl (C=O) groups is 1. The highest BCUT2D eigenvalue weighted by molar-refractivity contribution is 5.91. The van der Waals surface area contributed by atoms with Crippen LogP contribution in [0.15, 0.2) is 24.3 Å². The van der Waals surface area contributed by atoms with Gasteiger partial charge in [-0.05, 0) is 19.1 Å². The zero-order valence-electron chi connectivity index (χ0n) is 12.6. The quantitative estimate of drug-likeness (QED) is 0.800. The highest BCUT2D eigenvalue weighted by Crippen LogP contribution is 2.16. The van der Waals surface area contributed by atoms with Crippen LogP contribution in [0.1, 0.15) is 23.1 Å². The van der Waals surface area contributed by atoms with Crippen molar-refractivity contribution >= 4 is 17.0 Å². The molecule has 0 radical (unpaired) electrons. The highest BCUT2D eigenvalue weighted by atomic mass is 16.5. The number of fused-ring (bicyclic) bond motifs is 1. The number of rotatable bonds is 4. The first-order chi connectivity index (χ1) is 10.8. The van der Waals surface area contributed by atoms with Gasteiger partial charge in [0.05, 0.1) is 36.5 Å². The molecule has 2 heterocycles. The Bertz CT molecular complexity index is 669. The summed E-state index contributed by atoms with van der Waals surface area (Å²) >= 11 is 0. The van der Waals surface area contributed by atoms with E-state index in [1.54, 1.807) is 6.92 Å². The molecule has 1 aliphatic rings. The molecule has 116 valence electrons. The minimum absolute atomic E-state index is 0.312. The largest absolute Gasteiger partial charge is 0.461 e. The molecule has 0 aliphatic carbocycles. The molecule has 0 atom stereocenters. The molecule has 0 spiro atoms. The van der Waals surface area contributed by atoms with E-state index in [0.717, 1.165) is 18.6 Å². The number of hydrogen-bond acceptors (Lipinski definition) is 6. The topological polar surface area (TPSA) is 64.5 Å². The van der Waals surface area contributed by atoms with Gasteiger partial charge >= 0.3 is 5.97 Å². The second-order valence-corrected chi connectivity index (χ2v) is 5.12. The van der Waals surface area contributed by atoms with Crippen molar-refractivity contribution in [3.05, 3.63) is 35.7 Å². The predicted molar refractivity (Wildman–Crippen MR) is 81.6 cm³/mol. The molecule has 6 heteroatoms. The van der Waals surface area contributed by atoms with Crippen molar-refractivity contribution < 1.29 is 14.3 Å². The van der Waals surface area contributed by atoms with E-state index in [4.69, 9.17) is 9.47 Å². The smallest absolute Gasteiger partial charge is 0.358 e. The number of benzene rings is 1. The maximum absolute atomic E-state index is 12.2. The summed E-state index contributed by atoms with van der Waals surface area (Å²) in [7, 11) is 0. The lowest BCUT2D eigenvalue weighted by molar-refractivity contribution is 0.0330. The predicted octanol–water partition coefficient (Wildman–Crippen LogP) is 1.64.